The van der Waals surface area contributed by atoms with Gasteiger partial charge in [0.2, 0.25) is 0 Å². The highest BCUT2D eigenvalue weighted by atomic mass is 15.2. The van der Waals surface area contributed by atoms with Crippen LogP contribution in [0.2, 0.25) is 0 Å². The zero-order chi connectivity index (χ0) is 12.5. The molecule has 0 radical (unpaired) electrons. The first-order valence-corrected chi connectivity index (χ1v) is 7.39. The van der Waals surface area contributed by atoms with Gasteiger partial charge >= 0.3 is 0 Å². The second-order valence-electron chi connectivity index (χ2n) is 5.34. The molecular weight excluding hydrogens is 208 g/mol. The minimum Gasteiger partial charge on any atom is -0.313 e. The summed E-state index contributed by atoms with van der Waals surface area (Å²) in [4.78, 5) is 2.66. The van der Waals surface area contributed by atoms with Crippen LogP contribution in [0.4, 0.5) is 0 Å². The SMILES string of the molecule is C=C(CNCCC)CN1CCCCC1CCC. The van der Waals surface area contributed by atoms with E-state index in [-0.39, 0.29) is 0 Å². The minimum atomic E-state index is 0.816. The number of nitrogens with zero attached hydrogens (tertiary/aromatic N) is 1. The fraction of sp³-hybridized carbons (Fsp3) is 0.867. The van der Waals surface area contributed by atoms with E-state index < -0.39 is 0 Å². The number of hydrogen-bond donors (Lipinski definition) is 1. The van der Waals surface area contributed by atoms with E-state index in [1.54, 1.807) is 0 Å². The summed E-state index contributed by atoms with van der Waals surface area (Å²) in [7, 11) is 0. The average Bonchev–Trinajstić information content (AvgIpc) is 2.32. The van der Waals surface area contributed by atoms with E-state index in [0.29, 0.717) is 0 Å². The van der Waals surface area contributed by atoms with Gasteiger partial charge in [-0.1, -0.05) is 33.3 Å². The molecule has 1 aliphatic heterocycles. The summed E-state index contributed by atoms with van der Waals surface area (Å²) in [6, 6.07) is 0.816. The predicted molar refractivity (Wildman–Crippen MR) is 76.4 cm³/mol. The molecule has 0 saturated carbocycles. The number of rotatable bonds is 8. The fourth-order valence-electron chi connectivity index (χ4n) is 2.71. The lowest BCUT2D eigenvalue weighted by atomic mass is 9.97. The summed E-state index contributed by atoms with van der Waals surface area (Å²) in [5, 5.41) is 3.45. The zero-order valence-electron chi connectivity index (χ0n) is 11.8. The average molecular weight is 238 g/mol. The normalized spacial score (nSPS) is 21.6. The Morgan fingerprint density at radius 1 is 1.29 bits per heavy atom. The molecule has 0 aliphatic carbocycles. The third-order valence-corrected chi connectivity index (χ3v) is 3.60. The van der Waals surface area contributed by atoms with Crippen LogP contribution in [-0.4, -0.2) is 37.1 Å². The summed E-state index contributed by atoms with van der Waals surface area (Å²) >= 11 is 0. The Labute approximate surface area is 107 Å². The van der Waals surface area contributed by atoms with Gasteiger partial charge in [0.05, 0.1) is 0 Å². The maximum Gasteiger partial charge on any atom is 0.0205 e. The van der Waals surface area contributed by atoms with Crippen molar-refractivity contribution in [2.75, 3.05) is 26.2 Å². The monoisotopic (exact) mass is 238 g/mol. The van der Waals surface area contributed by atoms with Crippen molar-refractivity contribution in [1.82, 2.24) is 10.2 Å². The summed E-state index contributed by atoms with van der Waals surface area (Å²) in [6.45, 7) is 13.2. The van der Waals surface area contributed by atoms with Gasteiger partial charge in [0.15, 0.2) is 0 Å². The van der Waals surface area contributed by atoms with Crippen molar-refractivity contribution in [2.45, 2.75) is 58.4 Å². The molecule has 0 aromatic heterocycles. The van der Waals surface area contributed by atoms with Crippen LogP contribution in [0.3, 0.4) is 0 Å². The van der Waals surface area contributed by atoms with Crippen LogP contribution in [0.5, 0.6) is 0 Å². The van der Waals surface area contributed by atoms with Gasteiger partial charge in [-0.2, -0.15) is 0 Å². The van der Waals surface area contributed by atoms with Gasteiger partial charge in [0.1, 0.15) is 0 Å². The van der Waals surface area contributed by atoms with Crippen LogP contribution in [0.15, 0.2) is 12.2 Å². The van der Waals surface area contributed by atoms with Crippen molar-refractivity contribution in [1.29, 1.82) is 0 Å². The van der Waals surface area contributed by atoms with Gasteiger partial charge in [0, 0.05) is 19.1 Å². The standard InChI is InChI=1S/C15H30N2/c1-4-8-15-9-6-7-11-17(15)13-14(3)12-16-10-5-2/h15-16H,3-13H2,1-2H3. The molecule has 1 fully saturated rings. The lowest BCUT2D eigenvalue weighted by Crippen LogP contribution is -2.41. The third kappa shape index (κ3) is 5.69. The molecule has 1 saturated heterocycles. The van der Waals surface area contributed by atoms with Crippen LogP contribution in [0, 0.1) is 0 Å². The van der Waals surface area contributed by atoms with Gasteiger partial charge in [-0.3, -0.25) is 4.90 Å². The number of nitrogens with one attached hydrogen (secondary N) is 1. The van der Waals surface area contributed by atoms with Crippen LogP contribution >= 0.6 is 0 Å². The third-order valence-electron chi connectivity index (χ3n) is 3.60. The van der Waals surface area contributed by atoms with Crippen molar-refractivity contribution in [3.8, 4) is 0 Å². The van der Waals surface area contributed by atoms with E-state index in [0.717, 1.165) is 25.7 Å². The Balaban J connectivity index is 2.28. The molecule has 100 valence electrons. The molecule has 0 aromatic carbocycles. The highest BCUT2D eigenvalue weighted by Crippen LogP contribution is 2.21. The molecule has 1 rings (SSSR count). The van der Waals surface area contributed by atoms with E-state index in [4.69, 9.17) is 0 Å². The zero-order valence-corrected chi connectivity index (χ0v) is 11.8. The van der Waals surface area contributed by atoms with Gasteiger partial charge in [0.25, 0.3) is 0 Å². The molecule has 0 spiro atoms. The first kappa shape index (κ1) is 14.7. The Kier molecular flexibility index (Phi) is 7.54. The molecule has 17 heavy (non-hydrogen) atoms. The molecule has 1 N–H and O–H groups in total. The molecule has 1 atom stereocenters. The Morgan fingerprint density at radius 3 is 2.82 bits per heavy atom. The molecule has 1 aliphatic rings. The van der Waals surface area contributed by atoms with E-state index in [1.807, 2.05) is 0 Å². The highest BCUT2D eigenvalue weighted by Gasteiger charge is 2.21. The summed E-state index contributed by atoms with van der Waals surface area (Å²) in [5.74, 6) is 0. The largest absolute Gasteiger partial charge is 0.313 e. The number of piperidine rings is 1. The van der Waals surface area contributed by atoms with Crippen molar-refractivity contribution >= 4 is 0 Å². The first-order valence-electron chi connectivity index (χ1n) is 7.39. The first-order chi connectivity index (χ1) is 8.27. The molecule has 0 bridgehead atoms. The quantitative estimate of drug-likeness (QED) is 0.516. The molecule has 2 nitrogen and oxygen atoms in total. The maximum atomic E-state index is 4.21. The number of hydrogen-bond acceptors (Lipinski definition) is 2. The molecular formula is C15H30N2. The predicted octanol–water partition coefficient (Wildman–Crippen LogP) is 3.20. The lowest BCUT2D eigenvalue weighted by molar-refractivity contribution is 0.151. The smallest absolute Gasteiger partial charge is 0.0205 e. The van der Waals surface area contributed by atoms with Crippen LogP contribution < -0.4 is 5.32 Å². The summed E-state index contributed by atoms with van der Waals surface area (Å²) < 4.78 is 0. The summed E-state index contributed by atoms with van der Waals surface area (Å²) in [5.41, 5.74) is 1.35. The molecule has 1 heterocycles. The topological polar surface area (TPSA) is 15.3 Å². The Bertz CT molecular complexity index is 211. The van der Waals surface area contributed by atoms with Crippen molar-refractivity contribution in [3.63, 3.8) is 0 Å². The van der Waals surface area contributed by atoms with Gasteiger partial charge in [-0.25, -0.2) is 0 Å². The fourth-order valence-corrected chi connectivity index (χ4v) is 2.71. The van der Waals surface area contributed by atoms with E-state index >= 15 is 0 Å². The van der Waals surface area contributed by atoms with Crippen LogP contribution in [0.25, 0.3) is 0 Å². The molecule has 0 amide bonds. The maximum absolute atomic E-state index is 4.21. The Morgan fingerprint density at radius 2 is 2.12 bits per heavy atom. The number of likely N-dealkylation sites (tertiary alicyclic amines) is 1. The van der Waals surface area contributed by atoms with Crippen LogP contribution in [-0.2, 0) is 0 Å². The van der Waals surface area contributed by atoms with E-state index in [9.17, 15) is 0 Å². The van der Waals surface area contributed by atoms with Crippen LogP contribution in [0.1, 0.15) is 52.4 Å². The minimum absolute atomic E-state index is 0.816. The van der Waals surface area contributed by atoms with Gasteiger partial charge < -0.3 is 5.32 Å². The lowest BCUT2D eigenvalue weighted by Gasteiger charge is -2.36. The van der Waals surface area contributed by atoms with Crippen molar-refractivity contribution in [2.24, 2.45) is 0 Å². The molecule has 0 aromatic rings. The van der Waals surface area contributed by atoms with Crippen molar-refractivity contribution in [3.05, 3.63) is 12.2 Å². The van der Waals surface area contributed by atoms with Gasteiger partial charge in [-0.05, 0) is 44.3 Å². The molecule has 1 unspecified atom stereocenters. The molecule has 2 heteroatoms. The summed E-state index contributed by atoms with van der Waals surface area (Å²) in [6.07, 6.45) is 8.05. The second kappa shape index (κ2) is 8.71. The van der Waals surface area contributed by atoms with E-state index in [2.05, 4.69) is 30.6 Å². The van der Waals surface area contributed by atoms with Gasteiger partial charge in [-0.15, -0.1) is 0 Å². The highest BCUT2D eigenvalue weighted by molar-refractivity contribution is 5.01. The Hall–Kier alpha value is -0.340. The van der Waals surface area contributed by atoms with E-state index in [1.165, 1.54) is 50.6 Å². The second-order valence-corrected chi connectivity index (χ2v) is 5.34. The van der Waals surface area contributed by atoms with Crippen molar-refractivity contribution < 1.29 is 0 Å².